The lowest BCUT2D eigenvalue weighted by Gasteiger charge is -2.15. The van der Waals surface area contributed by atoms with E-state index in [0.29, 0.717) is 24.7 Å². The molecule has 1 N–H and O–H groups in total. The number of hydrogen-bond acceptors (Lipinski definition) is 3. The first-order chi connectivity index (χ1) is 8.18. The lowest BCUT2D eigenvalue weighted by molar-refractivity contribution is 0.193. The highest BCUT2D eigenvalue weighted by Crippen LogP contribution is 2.47. The van der Waals surface area contributed by atoms with E-state index in [9.17, 15) is 5.11 Å². The number of hydrogen-bond donors (Lipinski definition) is 1. The van der Waals surface area contributed by atoms with Crippen LogP contribution in [0.25, 0.3) is 0 Å². The molecule has 0 aliphatic carbocycles. The zero-order chi connectivity index (χ0) is 12.0. The molecule has 4 heteroatoms. The average molecular weight is 255 g/mol. The van der Waals surface area contributed by atoms with Gasteiger partial charge in [0.25, 0.3) is 0 Å². The second-order valence-electron chi connectivity index (χ2n) is 4.66. The summed E-state index contributed by atoms with van der Waals surface area (Å²) in [5.74, 6) is 1.70. The Kier molecular flexibility index (Phi) is 2.68. The first-order valence-electron chi connectivity index (χ1n) is 5.98. The van der Waals surface area contributed by atoms with Crippen LogP contribution in [-0.2, 0) is 19.3 Å². The molecule has 1 unspecified atom stereocenters. The molecule has 0 saturated heterocycles. The van der Waals surface area contributed by atoms with E-state index >= 15 is 0 Å². The highest BCUT2D eigenvalue weighted by atomic mass is 35.5. The van der Waals surface area contributed by atoms with Crippen LogP contribution >= 0.6 is 11.6 Å². The van der Waals surface area contributed by atoms with Crippen LogP contribution in [0.3, 0.4) is 0 Å². The number of fused-ring (bicyclic) bond motifs is 2. The Morgan fingerprint density at radius 2 is 1.82 bits per heavy atom. The Labute approximate surface area is 105 Å². The molecule has 17 heavy (non-hydrogen) atoms. The van der Waals surface area contributed by atoms with Crippen molar-refractivity contribution in [3.8, 4) is 11.5 Å². The fraction of sp³-hybridized carbons (Fsp3) is 0.538. The van der Waals surface area contributed by atoms with Gasteiger partial charge in [0, 0.05) is 36.0 Å². The van der Waals surface area contributed by atoms with Crippen molar-refractivity contribution in [2.75, 3.05) is 13.2 Å². The van der Waals surface area contributed by atoms with Gasteiger partial charge < -0.3 is 14.6 Å². The molecule has 3 rings (SSSR count). The molecule has 3 nitrogen and oxygen atoms in total. The normalized spacial score (nSPS) is 18.3. The summed E-state index contributed by atoms with van der Waals surface area (Å²) in [6.07, 6.45) is 1.91. The fourth-order valence-corrected chi connectivity index (χ4v) is 3.01. The minimum atomic E-state index is -0.380. The molecule has 0 spiro atoms. The summed E-state index contributed by atoms with van der Waals surface area (Å²) < 4.78 is 11.3. The molecule has 0 bridgehead atoms. The summed E-state index contributed by atoms with van der Waals surface area (Å²) in [5, 5.41) is 10.3. The van der Waals surface area contributed by atoms with E-state index in [0.717, 1.165) is 41.0 Å². The Hall–Kier alpha value is -0.930. The van der Waals surface area contributed by atoms with Crippen LogP contribution in [0, 0.1) is 0 Å². The van der Waals surface area contributed by atoms with Gasteiger partial charge in [-0.1, -0.05) is 11.6 Å². The van der Waals surface area contributed by atoms with E-state index in [2.05, 4.69) is 0 Å². The van der Waals surface area contributed by atoms with Gasteiger partial charge in [-0.15, -0.1) is 0 Å². The van der Waals surface area contributed by atoms with E-state index in [4.69, 9.17) is 21.1 Å². The fourth-order valence-electron chi connectivity index (χ4n) is 2.66. The summed E-state index contributed by atoms with van der Waals surface area (Å²) >= 11 is 6.34. The molecule has 0 amide bonds. The van der Waals surface area contributed by atoms with Crippen LogP contribution in [0.5, 0.6) is 11.5 Å². The molecule has 1 aromatic rings. The zero-order valence-corrected chi connectivity index (χ0v) is 10.5. The monoisotopic (exact) mass is 254 g/mol. The largest absolute Gasteiger partial charge is 0.493 e. The maximum atomic E-state index is 9.61. The smallest absolute Gasteiger partial charge is 0.142 e. The summed E-state index contributed by atoms with van der Waals surface area (Å²) in [5.41, 5.74) is 3.25. The van der Waals surface area contributed by atoms with Crippen LogP contribution in [-0.4, -0.2) is 24.4 Å². The van der Waals surface area contributed by atoms with E-state index in [1.54, 1.807) is 6.92 Å². The third kappa shape index (κ3) is 1.69. The highest BCUT2D eigenvalue weighted by Gasteiger charge is 2.30. The molecular weight excluding hydrogens is 240 g/mol. The quantitative estimate of drug-likeness (QED) is 0.879. The Morgan fingerprint density at radius 3 is 2.53 bits per heavy atom. The van der Waals surface area contributed by atoms with Crippen molar-refractivity contribution >= 4 is 11.6 Å². The van der Waals surface area contributed by atoms with Gasteiger partial charge in [-0.3, -0.25) is 0 Å². The third-order valence-corrected chi connectivity index (χ3v) is 3.75. The summed E-state index contributed by atoms with van der Waals surface area (Å²) in [6.45, 7) is 3.13. The first kappa shape index (κ1) is 11.2. The Balaban J connectivity index is 2.19. The molecule has 1 aromatic carbocycles. The van der Waals surface area contributed by atoms with Crippen LogP contribution in [0.4, 0.5) is 0 Å². The van der Waals surface area contributed by atoms with Gasteiger partial charge in [0.15, 0.2) is 0 Å². The zero-order valence-electron chi connectivity index (χ0n) is 9.75. The molecule has 1 atom stereocenters. The number of halogens is 1. The van der Waals surface area contributed by atoms with E-state index in [-0.39, 0.29) is 6.10 Å². The van der Waals surface area contributed by atoms with Crippen LogP contribution in [0.1, 0.15) is 23.6 Å². The first-order valence-corrected chi connectivity index (χ1v) is 6.36. The van der Waals surface area contributed by atoms with Crippen molar-refractivity contribution in [3.05, 3.63) is 21.7 Å². The highest BCUT2D eigenvalue weighted by molar-refractivity contribution is 6.33. The second-order valence-corrected chi connectivity index (χ2v) is 5.04. The van der Waals surface area contributed by atoms with Crippen molar-refractivity contribution in [2.24, 2.45) is 0 Å². The maximum absolute atomic E-state index is 9.61. The number of aliphatic hydroxyl groups excluding tert-OH is 1. The topological polar surface area (TPSA) is 38.7 Å². The third-order valence-electron chi connectivity index (χ3n) is 3.35. The summed E-state index contributed by atoms with van der Waals surface area (Å²) in [4.78, 5) is 0. The lowest BCUT2D eigenvalue weighted by atomic mass is 9.95. The van der Waals surface area contributed by atoms with Crippen LogP contribution in [0.2, 0.25) is 5.02 Å². The number of ether oxygens (including phenoxy) is 2. The molecule has 0 saturated carbocycles. The maximum Gasteiger partial charge on any atom is 0.142 e. The van der Waals surface area contributed by atoms with Crippen molar-refractivity contribution in [1.29, 1.82) is 0 Å². The van der Waals surface area contributed by atoms with Gasteiger partial charge in [-0.05, 0) is 6.92 Å². The standard InChI is InChI=1S/C13H15ClO3/c1-7(15)6-10-8-2-4-17-13(8)11(14)9-3-5-16-12(9)10/h7,15H,2-6H2,1H3. The second kappa shape index (κ2) is 4.07. The van der Waals surface area contributed by atoms with Crippen molar-refractivity contribution < 1.29 is 14.6 Å². The Bertz CT molecular complexity index is 433. The lowest BCUT2D eigenvalue weighted by Crippen LogP contribution is -2.08. The van der Waals surface area contributed by atoms with E-state index < -0.39 is 0 Å². The summed E-state index contributed by atoms with van der Waals surface area (Å²) in [6, 6.07) is 0. The van der Waals surface area contributed by atoms with Crippen LogP contribution in [0.15, 0.2) is 0 Å². The van der Waals surface area contributed by atoms with Crippen molar-refractivity contribution in [1.82, 2.24) is 0 Å². The molecule has 2 aliphatic rings. The molecule has 0 fully saturated rings. The molecule has 0 radical (unpaired) electrons. The minimum absolute atomic E-state index is 0.380. The minimum Gasteiger partial charge on any atom is -0.493 e. The molecule has 2 aliphatic heterocycles. The summed E-state index contributed by atoms with van der Waals surface area (Å²) in [7, 11) is 0. The van der Waals surface area contributed by atoms with Crippen molar-refractivity contribution in [2.45, 2.75) is 32.3 Å². The van der Waals surface area contributed by atoms with Crippen molar-refractivity contribution in [3.63, 3.8) is 0 Å². The van der Waals surface area contributed by atoms with Gasteiger partial charge in [0.2, 0.25) is 0 Å². The number of rotatable bonds is 2. The van der Waals surface area contributed by atoms with Crippen LogP contribution < -0.4 is 9.47 Å². The Morgan fingerprint density at radius 1 is 1.18 bits per heavy atom. The van der Waals surface area contributed by atoms with E-state index in [1.165, 1.54) is 0 Å². The molecule has 0 aromatic heterocycles. The molecular formula is C13H15ClO3. The van der Waals surface area contributed by atoms with E-state index in [1.807, 2.05) is 0 Å². The van der Waals surface area contributed by atoms with Gasteiger partial charge >= 0.3 is 0 Å². The number of aliphatic hydroxyl groups is 1. The van der Waals surface area contributed by atoms with Gasteiger partial charge in [-0.25, -0.2) is 0 Å². The predicted octanol–water partition coefficient (Wildman–Crippen LogP) is 2.13. The average Bonchev–Trinajstić information content (AvgIpc) is 2.92. The number of benzene rings is 1. The van der Waals surface area contributed by atoms with Gasteiger partial charge in [-0.2, -0.15) is 0 Å². The predicted molar refractivity (Wildman–Crippen MR) is 65.2 cm³/mol. The SMILES string of the molecule is CC(O)Cc1c2c(c(Cl)c3c1OCC3)OCC2. The molecule has 2 heterocycles. The van der Waals surface area contributed by atoms with Gasteiger partial charge in [0.1, 0.15) is 11.5 Å². The van der Waals surface area contributed by atoms with Gasteiger partial charge in [0.05, 0.1) is 24.3 Å². The molecule has 92 valence electrons.